The van der Waals surface area contributed by atoms with Gasteiger partial charge < -0.3 is 14.2 Å². The summed E-state index contributed by atoms with van der Waals surface area (Å²) in [5.41, 5.74) is 0. The number of rotatable bonds is 14. The molecule has 0 aromatic heterocycles. The summed E-state index contributed by atoms with van der Waals surface area (Å²) in [6, 6.07) is 0. The summed E-state index contributed by atoms with van der Waals surface area (Å²) in [5.74, 6) is 0. The fourth-order valence-corrected chi connectivity index (χ4v) is 3.25. The van der Waals surface area contributed by atoms with Crippen molar-refractivity contribution in [2.45, 2.75) is 123 Å². The Balaban J connectivity index is 2.24. The standard InChI is InChI=1S/C20H40O3/c1-4-7-9-11-13-15-18-17-20(21-6-3)23-19(22-18)16-14-12-10-8-5-2/h18-20H,4-17H2,1-3H3. The Labute approximate surface area is 144 Å². The minimum Gasteiger partial charge on any atom is -0.353 e. The molecule has 0 spiro atoms. The maximum atomic E-state index is 6.17. The van der Waals surface area contributed by atoms with Gasteiger partial charge in [0, 0.05) is 13.0 Å². The minimum atomic E-state index is -0.0602. The van der Waals surface area contributed by atoms with Crippen LogP contribution in [0.4, 0.5) is 0 Å². The van der Waals surface area contributed by atoms with Crippen molar-refractivity contribution < 1.29 is 14.2 Å². The highest BCUT2D eigenvalue weighted by molar-refractivity contribution is 4.68. The Hall–Kier alpha value is -0.120. The van der Waals surface area contributed by atoms with E-state index in [0.29, 0.717) is 6.10 Å². The van der Waals surface area contributed by atoms with E-state index < -0.39 is 0 Å². The van der Waals surface area contributed by atoms with Crippen molar-refractivity contribution in [1.82, 2.24) is 0 Å². The highest BCUT2D eigenvalue weighted by Crippen LogP contribution is 2.26. The van der Waals surface area contributed by atoms with Crippen LogP contribution in [-0.2, 0) is 14.2 Å². The number of ether oxygens (including phenoxy) is 3. The third-order valence-corrected chi connectivity index (χ3v) is 4.63. The first-order valence-corrected chi connectivity index (χ1v) is 10.2. The van der Waals surface area contributed by atoms with Gasteiger partial charge in [0.2, 0.25) is 0 Å². The zero-order chi connectivity index (χ0) is 16.8. The molecule has 0 N–H and O–H groups in total. The normalized spacial score (nSPS) is 24.9. The number of unbranched alkanes of at least 4 members (excludes halogenated alkanes) is 8. The van der Waals surface area contributed by atoms with Crippen molar-refractivity contribution >= 4 is 0 Å². The van der Waals surface area contributed by atoms with Gasteiger partial charge in [0.15, 0.2) is 12.6 Å². The average molecular weight is 329 g/mol. The van der Waals surface area contributed by atoms with Crippen LogP contribution in [0.15, 0.2) is 0 Å². The van der Waals surface area contributed by atoms with Gasteiger partial charge in [-0.2, -0.15) is 0 Å². The van der Waals surface area contributed by atoms with Crippen LogP contribution >= 0.6 is 0 Å². The first kappa shape index (κ1) is 20.9. The van der Waals surface area contributed by atoms with Crippen LogP contribution in [0.25, 0.3) is 0 Å². The molecule has 3 heteroatoms. The van der Waals surface area contributed by atoms with Gasteiger partial charge >= 0.3 is 0 Å². The predicted octanol–water partition coefficient (Wildman–Crippen LogP) is 6.20. The van der Waals surface area contributed by atoms with Crippen molar-refractivity contribution in [1.29, 1.82) is 0 Å². The average Bonchev–Trinajstić information content (AvgIpc) is 2.55. The molecule has 3 nitrogen and oxygen atoms in total. The first-order valence-electron chi connectivity index (χ1n) is 10.2. The monoisotopic (exact) mass is 328 g/mol. The lowest BCUT2D eigenvalue weighted by atomic mass is 10.0. The summed E-state index contributed by atoms with van der Waals surface area (Å²) in [4.78, 5) is 0. The largest absolute Gasteiger partial charge is 0.353 e. The molecule has 1 rings (SSSR count). The van der Waals surface area contributed by atoms with Gasteiger partial charge in [-0.05, 0) is 26.2 Å². The topological polar surface area (TPSA) is 27.7 Å². The maximum absolute atomic E-state index is 6.17. The number of hydrogen-bond acceptors (Lipinski definition) is 3. The van der Waals surface area contributed by atoms with Gasteiger partial charge in [-0.1, -0.05) is 71.6 Å². The molecular formula is C20H40O3. The zero-order valence-electron chi connectivity index (χ0n) is 15.9. The van der Waals surface area contributed by atoms with Crippen LogP contribution in [0, 0.1) is 0 Å². The highest BCUT2D eigenvalue weighted by Gasteiger charge is 2.29. The summed E-state index contributed by atoms with van der Waals surface area (Å²) in [5, 5.41) is 0. The lowest BCUT2D eigenvalue weighted by Crippen LogP contribution is -2.39. The zero-order valence-corrected chi connectivity index (χ0v) is 15.9. The van der Waals surface area contributed by atoms with Crippen LogP contribution in [0.5, 0.6) is 0 Å². The Morgan fingerprint density at radius 3 is 1.96 bits per heavy atom. The lowest BCUT2D eigenvalue weighted by Gasteiger charge is -2.35. The maximum Gasteiger partial charge on any atom is 0.163 e. The van der Waals surface area contributed by atoms with Crippen LogP contribution < -0.4 is 0 Å². The van der Waals surface area contributed by atoms with Crippen molar-refractivity contribution in [2.75, 3.05) is 6.61 Å². The third-order valence-electron chi connectivity index (χ3n) is 4.63. The van der Waals surface area contributed by atoms with E-state index in [4.69, 9.17) is 14.2 Å². The molecule has 1 fully saturated rings. The van der Waals surface area contributed by atoms with Gasteiger partial charge in [-0.15, -0.1) is 0 Å². The second kappa shape index (κ2) is 14.2. The van der Waals surface area contributed by atoms with Crippen LogP contribution in [-0.4, -0.2) is 25.3 Å². The molecule has 138 valence electrons. The van der Waals surface area contributed by atoms with Crippen molar-refractivity contribution in [2.24, 2.45) is 0 Å². The number of hydrogen-bond donors (Lipinski definition) is 0. The molecule has 23 heavy (non-hydrogen) atoms. The van der Waals surface area contributed by atoms with E-state index in [0.717, 1.165) is 25.9 Å². The fourth-order valence-electron chi connectivity index (χ4n) is 3.25. The first-order chi connectivity index (χ1) is 11.3. The molecule has 1 aliphatic heterocycles. The molecule has 3 atom stereocenters. The van der Waals surface area contributed by atoms with Gasteiger partial charge in [0.1, 0.15) is 0 Å². The quantitative estimate of drug-likeness (QED) is 0.355. The van der Waals surface area contributed by atoms with E-state index in [9.17, 15) is 0 Å². The van der Waals surface area contributed by atoms with E-state index in [1.165, 1.54) is 64.2 Å². The van der Waals surface area contributed by atoms with Crippen LogP contribution in [0.2, 0.25) is 0 Å². The molecule has 0 saturated carbocycles. The Morgan fingerprint density at radius 2 is 1.35 bits per heavy atom. The highest BCUT2D eigenvalue weighted by atomic mass is 16.8. The second-order valence-electron chi connectivity index (χ2n) is 6.85. The molecule has 0 bridgehead atoms. The molecule has 0 aromatic carbocycles. The van der Waals surface area contributed by atoms with Gasteiger partial charge in [-0.3, -0.25) is 0 Å². The molecule has 1 aliphatic rings. The molecule has 0 aliphatic carbocycles. The summed E-state index contributed by atoms with van der Waals surface area (Å²) in [7, 11) is 0. The van der Waals surface area contributed by atoms with Crippen LogP contribution in [0.1, 0.15) is 104 Å². The third kappa shape index (κ3) is 10.4. The van der Waals surface area contributed by atoms with E-state index in [1.54, 1.807) is 0 Å². The van der Waals surface area contributed by atoms with Gasteiger partial charge in [-0.25, -0.2) is 0 Å². The summed E-state index contributed by atoms with van der Waals surface area (Å²) in [6.07, 6.45) is 16.4. The Kier molecular flexibility index (Phi) is 13.0. The van der Waals surface area contributed by atoms with Gasteiger partial charge in [0.25, 0.3) is 0 Å². The Bertz CT molecular complexity index is 235. The van der Waals surface area contributed by atoms with E-state index in [2.05, 4.69) is 13.8 Å². The molecule has 1 heterocycles. The van der Waals surface area contributed by atoms with Crippen molar-refractivity contribution in [3.05, 3.63) is 0 Å². The smallest absolute Gasteiger partial charge is 0.163 e. The van der Waals surface area contributed by atoms with Crippen LogP contribution in [0.3, 0.4) is 0 Å². The molecule has 0 aromatic rings. The lowest BCUT2D eigenvalue weighted by molar-refractivity contribution is -0.308. The van der Waals surface area contributed by atoms with Gasteiger partial charge in [0.05, 0.1) is 6.10 Å². The minimum absolute atomic E-state index is 0.0532. The Morgan fingerprint density at radius 1 is 0.739 bits per heavy atom. The molecule has 0 radical (unpaired) electrons. The molecular weight excluding hydrogens is 288 g/mol. The predicted molar refractivity (Wildman–Crippen MR) is 96.5 cm³/mol. The second-order valence-corrected chi connectivity index (χ2v) is 6.85. The summed E-state index contributed by atoms with van der Waals surface area (Å²) >= 11 is 0. The summed E-state index contributed by atoms with van der Waals surface area (Å²) in [6.45, 7) is 7.28. The van der Waals surface area contributed by atoms with Crippen molar-refractivity contribution in [3.63, 3.8) is 0 Å². The van der Waals surface area contributed by atoms with E-state index >= 15 is 0 Å². The molecule has 1 saturated heterocycles. The molecule has 3 unspecified atom stereocenters. The summed E-state index contributed by atoms with van der Waals surface area (Å²) < 4.78 is 17.9. The van der Waals surface area contributed by atoms with E-state index in [-0.39, 0.29) is 12.6 Å². The van der Waals surface area contributed by atoms with Crippen molar-refractivity contribution in [3.8, 4) is 0 Å². The SMILES string of the molecule is CCCCCCCC1CC(OCC)OC(CCCCCCC)O1. The van der Waals surface area contributed by atoms with E-state index in [1.807, 2.05) is 6.92 Å². The molecule has 0 amide bonds. The fraction of sp³-hybridized carbons (Fsp3) is 1.00.